The number of nitrogens with zero attached hydrogens (tertiary/aromatic N) is 2. The van der Waals surface area contributed by atoms with Gasteiger partial charge in [0, 0.05) is 32.8 Å². The number of aromatic nitrogens is 2. The summed E-state index contributed by atoms with van der Waals surface area (Å²) in [4.78, 5) is 10.6. The molecule has 2 aromatic heterocycles. The first-order valence-corrected chi connectivity index (χ1v) is 14.0. The predicted octanol–water partition coefficient (Wildman–Crippen LogP) is 9.42. The van der Waals surface area contributed by atoms with Crippen molar-refractivity contribution < 1.29 is 26.2 Å². The van der Waals surface area contributed by atoms with Gasteiger partial charge in [0.2, 0.25) is 0 Å². The van der Waals surface area contributed by atoms with E-state index in [0.717, 1.165) is 37.9 Å². The van der Waals surface area contributed by atoms with Crippen molar-refractivity contribution in [2.24, 2.45) is 0 Å². The second-order valence-corrected chi connectivity index (χ2v) is 10.8. The molecule has 41 heavy (non-hydrogen) atoms. The number of hydrogen-bond acceptors (Lipinski definition) is 4. The molecular weight excluding hydrogens is 704 g/mol. The number of rotatable bonds is 6. The Bertz CT molecular complexity index is 1790. The quantitative estimate of drug-likeness (QED) is 0.174. The summed E-state index contributed by atoms with van der Waals surface area (Å²) in [6.07, 6.45) is 1.80. The molecule has 2 heterocycles. The molecule has 3 nitrogen and oxygen atoms in total. The van der Waals surface area contributed by atoms with E-state index in [0.29, 0.717) is 11.3 Å². The van der Waals surface area contributed by atoms with Crippen LogP contribution in [0.4, 0.5) is 0 Å². The van der Waals surface area contributed by atoms with Gasteiger partial charge in [-0.2, -0.15) is 0 Å². The van der Waals surface area contributed by atoms with E-state index < -0.39 is 0 Å². The maximum atomic E-state index is 10.7. The number of pyridine rings is 2. The van der Waals surface area contributed by atoms with E-state index in [1.165, 1.54) is 16.7 Å². The van der Waals surface area contributed by atoms with Gasteiger partial charge in [-0.1, -0.05) is 95.0 Å². The second kappa shape index (κ2) is 12.7. The molecule has 6 aromatic rings. The van der Waals surface area contributed by atoms with Crippen LogP contribution in [0.3, 0.4) is 0 Å². The van der Waals surface area contributed by atoms with Gasteiger partial charge >= 0.3 is 0 Å². The Labute approximate surface area is 259 Å². The first kappa shape index (κ1) is 28.5. The van der Waals surface area contributed by atoms with Crippen LogP contribution in [0, 0.1) is 19.9 Å². The number of phenols is 1. The van der Waals surface area contributed by atoms with Crippen LogP contribution >= 0.6 is 11.8 Å². The van der Waals surface area contributed by atoms with Crippen LogP contribution in [0.2, 0.25) is 0 Å². The third-order valence-corrected chi connectivity index (χ3v) is 7.75. The van der Waals surface area contributed by atoms with Crippen LogP contribution in [-0.2, 0) is 21.1 Å². The zero-order valence-electron chi connectivity index (χ0n) is 22.6. The maximum Gasteiger partial charge on any atom is 0.124 e. The van der Waals surface area contributed by atoms with Crippen LogP contribution in [0.5, 0.6) is 5.75 Å². The summed E-state index contributed by atoms with van der Waals surface area (Å²) in [5, 5.41) is 11.6. The number of phenolic OH excluding ortho intramolecular Hbond substituents is 1. The number of para-hydroxylation sites is 1. The van der Waals surface area contributed by atoms with Gasteiger partial charge in [-0.3, -0.25) is 4.98 Å². The molecule has 0 aliphatic carbocycles. The topological polar surface area (TPSA) is 46.0 Å². The van der Waals surface area contributed by atoms with E-state index in [9.17, 15) is 5.11 Å². The third kappa shape index (κ3) is 6.35. The first-order chi connectivity index (χ1) is 19.5. The Morgan fingerprint density at radius 2 is 1.37 bits per heavy atom. The molecule has 6 rings (SSSR count). The molecule has 204 valence electrons. The molecular formula is C36H27N2OPtS-. The van der Waals surface area contributed by atoms with Crippen LogP contribution in [0.15, 0.2) is 131 Å². The van der Waals surface area contributed by atoms with Crippen molar-refractivity contribution in [2.45, 2.75) is 23.8 Å². The van der Waals surface area contributed by atoms with Gasteiger partial charge in [0.1, 0.15) is 5.75 Å². The molecule has 0 radical (unpaired) electrons. The summed E-state index contributed by atoms with van der Waals surface area (Å²) in [5.74, 6) is 0.202. The molecule has 0 fully saturated rings. The summed E-state index contributed by atoms with van der Waals surface area (Å²) < 4.78 is 0. The minimum Gasteiger partial charge on any atom is -0.507 e. The Hall–Kier alpha value is -3.98. The van der Waals surface area contributed by atoms with Crippen molar-refractivity contribution in [3.63, 3.8) is 0 Å². The summed E-state index contributed by atoms with van der Waals surface area (Å²) >= 11 is 1.58. The number of aryl methyl sites for hydroxylation is 2. The van der Waals surface area contributed by atoms with Crippen molar-refractivity contribution in [3.05, 3.63) is 139 Å². The smallest absolute Gasteiger partial charge is 0.124 e. The van der Waals surface area contributed by atoms with Gasteiger partial charge in [-0.25, -0.2) is 4.98 Å². The summed E-state index contributed by atoms with van der Waals surface area (Å²) in [6.45, 7) is 4.26. The monoisotopic (exact) mass is 730 g/mol. The van der Waals surface area contributed by atoms with Gasteiger partial charge < -0.3 is 5.11 Å². The van der Waals surface area contributed by atoms with Crippen molar-refractivity contribution in [1.29, 1.82) is 0 Å². The van der Waals surface area contributed by atoms with Gasteiger partial charge in [-0.05, 0) is 77.7 Å². The number of hydrogen-bond donors (Lipinski definition) is 1. The van der Waals surface area contributed by atoms with Gasteiger partial charge in [0.05, 0.1) is 10.7 Å². The molecule has 0 unspecified atom stereocenters. The fourth-order valence-corrected chi connectivity index (χ4v) is 5.80. The Balaban J connectivity index is 0.00000337. The molecule has 0 aliphatic heterocycles. The van der Waals surface area contributed by atoms with Crippen LogP contribution in [0.1, 0.15) is 11.1 Å². The SMILES string of the molecule is Cc1cccc(C)c1-c1cc(-c2[c-]c(Sc3ccccn3)cc(-c3ccccc3)c2)nc(-c2ccccc2O)c1.[Pt]. The minimum atomic E-state index is 0. The van der Waals surface area contributed by atoms with Crippen molar-refractivity contribution in [3.8, 4) is 50.5 Å². The van der Waals surface area contributed by atoms with Crippen molar-refractivity contribution in [2.75, 3.05) is 0 Å². The second-order valence-electron chi connectivity index (χ2n) is 9.69. The normalized spacial score (nSPS) is 10.7. The molecule has 0 aliphatic rings. The van der Waals surface area contributed by atoms with Crippen molar-refractivity contribution >= 4 is 11.8 Å². The maximum absolute atomic E-state index is 10.7. The fourth-order valence-electron chi connectivity index (χ4n) is 4.96. The van der Waals surface area contributed by atoms with E-state index in [1.54, 1.807) is 24.0 Å². The number of benzene rings is 4. The van der Waals surface area contributed by atoms with Gasteiger partial charge in [-0.15, -0.1) is 23.8 Å². The zero-order chi connectivity index (χ0) is 27.5. The average Bonchev–Trinajstić information content (AvgIpc) is 2.98. The summed E-state index contributed by atoms with van der Waals surface area (Å²) in [6, 6.07) is 42.1. The average molecular weight is 731 g/mol. The molecule has 0 atom stereocenters. The van der Waals surface area contributed by atoms with E-state index in [-0.39, 0.29) is 26.8 Å². The molecule has 4 aromatic carbocycles. The largest absolute Gasteiger partial charge is 0.507 e. The molecule has 0 amide bonds. The molecule has 0 saturated heterocycles. The van der Waals surface area contributed by atoms with Crippen LogP contribution in [-0.4, -0.2) is 15.1 Å². The summed E-state index contributed by atoms with van der Waals surface area (Å²) in [7, 11) is 0. The third-order valence-electron chi connectivity index (χ3n) is 6.85. The van der Waals surface area contributed by atoms with E-state index >= 15 is 0 Å². The molecule has 5 heteroatoms. The zero-order valence-corrected chi connectivity index (χ0v) is 25.7. The van der Waals surface area contributed by atoms with Crippen LogP contribution in [0.25, 0.3) is 44.8 Å². The van der Waals surface area contributed by atoms with Crippen LogP contribution < -0.4 is 0 Å². The molecule has 0 spiro atoms. The molecule has 0 saturated carbocycles. The van der Waals surface area contributed by atoms with E-state index in [2.05, 4.69) is 79.5 Å². The Kier molecular flexibility index (Phi) is 8.83. The fraction of sp³-hybridized carbons (Fsp3) is 0.0556. The number of aromatic hydroxyl groups is 1. The molecule has 0 bridgehead atoms. The Morgan fingerprint density at radius 3 is 2.10 bits per heavy atom. The van der Waals surface area contributed by atoms with Gasteiger partial charge in [0.15, 0.2) is 0 Å². The standard InChI is InChI=1S/C36H27N2OS.Pt/c1-24-11-10-12-25(2)36(24)29-22-32(38-33(23-29)31-15-6-7-16-34(31)39)28-19-27(26-13-4-3-5-14-26)20-30(21-28)40-35-17-8-9-18-37-35;/h3-20,22-23,39H,1-2H3;/q-1;. The Morgan fingerprint density at radius 1 is 0.659 bits per heavy atom. The molecule has 1 N–H and O–H groups in total. The van der Waals surface area contributed by atoms with E-state index in [4.69, 9.17) is 4.98 Å². The van der Waals surface area contributed by atoms with Crippen molar-refractivity contribution in [1.82, 2.24) is 9.97 Å². The van der Waals surface area contributed by atoms with E-state index in [1.807, 2.05) is 54.6 Å². The predicted molar refractivity (Wildman–Crippen MR) is 164 cm³/mol. The van der Waals surface area contributed by atoms with Gasteiger partial charge in [0.25, 0.3) is 0 Å². The summed E-state index contributed by atoms with van der Waals surface area (Å²) in [5.41, 5.74) is 9.88. The first-order valence-electron chi connectivity index (χ1n) is 13.1. The minimum absolute atomic E-state index is 0.